The number of benzene rings is 1. The first kappa shape index (κ1) is 25.2. The van der Waals surface area contributed by atoms with E-state index in [1.54, 1.807) is 46.9 Å². The van der Waals surface area contributed by atoms with E-state index in [-0.39, 0.29) is 5.91 Å². The van der Waals surface area contributed by atoms with Crippen LogP contribution in [0.3, 0.4) is 0 Å². The maximum Gasteiger partial charge on any atom is 0.408 e. The summed E-state index contributed by atoms with van der Waals surface area (Å²) in [6.45, 7) is 13.1. The Balaban J connectivity index is 3.06. The van der Waals surface area contributed by atoms with E-state index in [0.29, 0.717) is 12.1 Å². The van der Waals surface area contributed by atoms with Gasteiger partial charge in [0, 0.05) is 13.6 Å². The summed E-state index contributed by atoms with van der Waals surface area (Å²) in [5, 5.41) is 5.43. The van der Waals surface area contributed by atoms with Gasteiger partial charge in [-0.1, -0.05) is 44.2 Å². The smallest absolute Gasteiger partial charge is 0.408 e. The lowest BCUT2D eigenvalue weighted by Gasteiger charge is -2.30. The van der Waals surface area contributed by atoms with Crippen LogP contribution in [0.5, 0.6) is 0 Å². The fourth-order valence-electron chi connectivity index (χ4n) is 2.87. The van der Waals surface area contributed by atoms with Crippen LogP contribution < -0.4 is 10.6 Å². The summed E-state index contributed by atoms with van der Waals surface area (Å²) >= 11 is 0. The van der Waals surface area contributed by atoms with Gasteiger partial charge < -0.3 is 20.3 Å². The number of likely N-dealkylation sites (N-methyl/N-ethyl adjacent to an activating group) is 1. The molecule has 7 heteroatoms. The maximum absolute atomic E-state index is 13.0. The molecular formula is C23H35N3O4. The largest absolute Gasteiger partial charge is 0.444 e. The van der Waals surface area contributed by atoms with Crippen molar-refractivity contribution in [1.82, 2.24) is 15.5 Å². The molecule has 1 rings (SSSR count). The van der Waals surface area contributed by atoms with Gasteiger partial charge in [0.25, 0.3) is 0 Å². The summed E-state index contributed by atoms with van der Waals surface area (Å²) in [6, 6.07) is 5.62. The first-order chi connectivity index (χ1) is 14.0. The minimum absolute atomic E-state index is 0.273. The van der Waals surface area contributed by atoms with E-state index in [2.05, 4.69) is 17.2 Å². The molecule has 0 spiro atoms. The molecule has 2 N–H and O–H groups in total. The van der Waals surface area contributed by atoms with E-state index in [1.165, 1.54) is 4.90 Å². The standard InChI is InChI=1S/C23H35N3O4/c1-8-10-14-24-20(27)19(18-13-11-12-17(9-2)15-18)26(7)21(28)16(3)25-22(29)30-23(4,5)6/h9,11-13,15-16,19H,2,8,10,14H2,1,3-7H3,(H,24,27)(H,25,29). The van der Waals surface area contributed by atoms with Crippen LogP contribution >= 0.6 is 0 Å². The Hall–Kier alpha value is -2.83. The van der Waals surface area contributed by atoms with Crippen molar-refractivity contribution in [3.8, 4) is 0 Å². The van der Waals surface area contributed by atoms with Gasteiger partial charge in [0.1, 0.15) is 17.7 Å². The monoisotopic (exact) mass is 417 g/mol. The number of alkyl carbamates (subject to hydrolysis) is 1. The second-order valence-corrected chi connectivity index (χ2v) is 8.24. The summed E-state index contributed by atoms with van der Waals surface area (Å²) in [4.78, 5) is 39.3. The van der Waals surface area contributed by atoms with Crippen LogP contribution in [0, 0.1) is 0 Å². The normalized spacial score (nSPS) is 13.0. The Morgan fingerprint density at radius 2 is 1.93 bits per heavy atom. The number of hydrogen-bond donors (Lipinski definition) is 2. The highest BCUT2D eigenvalue weighted by molar-refractivity contribution is 5.91. The molecule has 0 aliphatic heterocycles. The first-order valence-electron chi connectivity index (χ1n) is 10.3. The van der Waals surface area contributed by atoms with Crippen LogP contribution in [0.15, 0.2) is 30.8 Å². The second-order valence-electron chi connectivity index (χ2n) is 8.24. The zero-order valence-corrected chi connectivity index (χ0v) is 19.0. The molecule has 166 valence electrons. The average molecular weight is 418 g/mol. The molecule has 0 aliphatic carbocycles. The highest BCUT2D eigenvalue weighted by Gasteiger charge is 2.32. The molecule has 7 nitrogen and oxygen atoms in total. The number of nitrogens with zero attached hydrogens (tertiary/aromatic N) is 1. The van der Waals surface area contributed by atoms with Crippen molar-refractivity contribution in [3.63, 3.8) is 0 Å². The number of hydrogen-bond acceptors (Lipinski definition) is 4. The van der Waals surface area contributed by atoms with E-state index in [9.17, 15) is 14.4 Å². The van der Waals surface area contributed by atoms with Gasteiger partial charge in [-0.25, -0.2) is 4.79 Å². The van der Waals surface area contributed by atoms with Gasteiger partial charge in [0.05, 0.1) is 0 Å². The Morgan fingerprint density at radius 3 is 2.50 bits per heavy atom. The van der Waals surface area contributed by atoms with Crippen molar-refractivity contribution in [2.75, 3.05) is 13.6 Å². The molecule has 2 atom stereocenters. The molecule has 1 aromatic carbocycles. The lowest BCUT2D eigenvalue weighted by molar-refractivity contribution is -0.140. The molecule has 0 heterocycles. The molecule has 0 aliphatic rings. The first-order valence-corrected chi connectivity index (χ1v) is 10.3. The second kappa shape index (κ2) is 11.4. The number of unbranched alkanes of at least 4 members (excludes halogenated alkanes) is 1. The predicted octanol–water partition coefficient (Wildman–Crippen LogP) is 3.66. The van der Waals surface area contributed by atoms with Gasteiger partial charge in [0.2, 0.25) is 11.8 Å². The minimum atomic E-state index is -0.863. The lowest BCUT2D eigenvalue weighted by Crippen LogP contribution is -2.50. The molecule has 30 heavy (non-hydrogen) atoms. The van der Waals surface area contributed by atoms with E-state index in [4.69, 9.17) is 4.74 Å². The fourth-order valence-corrected chi connectivity index (χ4v) is 2.87. The SMILES string of the molecule is C=Cc1cccc(C(C(=O)NCCCC)N(C)C(=O)C(C)NC(=O)OC(C)(C)C)c1. The summed E-state index contributed by atoms with van der Waals surface area (Å²) in [7, 11) is 1.56. The van der Waals surface area contributed by atoms with Crippen LogP contribution in [0.4, 0.5) is 4.79 Å². The highest BCUT2D eigenvalue weighted by atomic mass is 16.6. The number of carbonyl (C=O) groups excluding carboxylic acids is 3. The maximum atomic E-state index is 13.0. The van der Waals surface area contributed by atoms with Crippen molar-refractivity contribution in [2.24, 2.45) is 0 Å². The summed E-state index contributed by atoms with van der Waals surface area (Å²) < 4.78 is 5.22. The predicted molar refractivity (Wildman–Crippen MR) is 119 cm³/mol. The van der Waals surface area contributed by atoms with Crippen LogP contribution in [0.1, 0.15) is 64.6 Å². The van der Waals surface area contributed by atoms with Crippen LogP contribution in [0.25, 0.3) is 6.08 Å². The number of nitrogens with one attached hydrogen (secondary N) is 2. The zero-order valence-electron chi connectivity index (χ0n) is 19.0. The van der Waals surface area contributed by atoms with Gasteiger partial charge in [-0.3, -0.25) is 9.59 Å². The molecule has 0 radical (unpaired) electrons. The van der Waals surface area contributed by atoms with E-state index >= 15 is 0 Å². The molecule has 3 amide bonds. The third-order valence-electron chi connectivity index (χ3n) is 4.38. The molecule has 0 saturated carbocycles. The zero-order chi connectivity index (χ0) is 22.9. The number of ether oxygens (including phenoxy) is 1. The van der Waals surface area contributed by atoms with Crippen LogP contribution in [-0.2, 0) is 14.3 Å². The number of carbonyl (C=O) groups is 3. The Kier molecular flexibility index (Phi) is 9.56. The summed E-state index contributed by atoms with van der Waals surface area (Å²) in [5.74, 6) is -0.675. The van der Waals surface area contributed by atoms with Gasteiger partial charge in [-0.15, -0.1) is 0 Å². The Morgan fingerprint density at radius 1 is 1.27 bits per heavy atom. The van der Waals surface area contributed by atoms with Gasteiger partial charge in [-0.05, 0) is 51.3 Å². The van der Waals surface area contributed by atoms with Crippen LogP contribution in [-0.4, -0.2) is 48.0 Å². The Bertz CT molecular complexity index is 755. The average Bonchev–Trinajstić information content (AvgIpc) is 2.66. The van der Waals surface area contributed by atoms with Crippen LogP contribution in [0.2, 0.25) is 0 Å². The highest BCUT2D eigenvalue weighted by Crippen LogP contribution is 2.22. The molecule has 2 unspecified atom stereocenters. The summed E-state index contributed by atoms with van der Waals surface area (Å²) in [6.07, 6.45) is 2.79. The van der Waals surface area contributed by atoms with Gasteiger partial charge in [-0.2, -0.15) is 0 Å². The third kappa shape index (κ3) is 7.89. The van der Waals surface area contributed by atoms with E-state index in [1.807, 2.05) is 25.1 Å². The number of amides is 3. The van der Waals surface area contributed by atoms with Crippen molar-refractivity contribution >= 4 is 24.0 Å². The molecule has 0 bridgehead atoms. The molecule has 0 saturated heterocycles. The number of rotatable bonds is 9. The van der Waals surface area contributed by atoms with Gasteiger partial charge >= 0.3 is 6.09 Å². The molecule has 0 fully saturated rings. The van der Waals surface area contributed by atoms with Crippen molar-refractivity contribution in [2.45, 2.75) is 65.1 Å². The topological polar surface area (TPSA) is 87.7 Å². The quantitative estimate of drug-likeness (QED) is 0.600. The lowest BCUT2D eigenvalue weighted by atomic mass is 10.0. The fraction of sp³-hybridized carbons (Fsp3) is 0.522. The van der Waals surface area contributed by atoms with E-state index in [0.717, 1.165) is 18.4 Å². The molecular weight excluding hydrogens is 382 g/mol. The van der Waals surface area contributed by atoms with Gasteiger partial charge in [0.15, 0.2) is 0 Å². The van der Waals surface area contributed by atoms with Crippen molar-refractivity contribution in [1.29, 1.82) is 0 Å². The van der Waals surface area contributed by atoms with Crippen molar-refractivity contribution < 1.29 is 19.1 Å². The van der Waals surface area contributed by atoms with Crippen molar-refractivity contribution in [3.05, 3.63) is 42.0 Å². The third-order valence-corrected chi connectivity index (χ3v) is 4.38. The Labute approximate surface area is 179 Å². The molecule has 0 aromatic heterocycles. The summed E-state index contributed by atoms with van der Waals surface area (Å²) in [5.41, 5.74) is 0.840. The minimum Gasteiger partial charge on any atom is -0.444 e. The molecule has 1 aromatic rings. The van der Waals surface area contributed by atoms with E-state index < -0.39 is 29.7 Å².